The molecule has 0 aromatic rings. The summed E-state index contributed by atoms with van der Waals surface area (Å²) >= 11 is 0. The summed E-state index contributed by atoms with van der Waals surface area (Å²) in [6.07, 6.45) is -10.5. The van der Waals surface area contributed by atoms with Crippen LogP contribution in [0.2, 0.25) is 0 Å². The third-order valence-electron chi connectivity index (χ3n) is 2.67. The van der Waals surface area contributed by atoms with E-state index in [1.54, 1.807) is 0 Å². The summed E-state index contributed by atoms with van der Waals surface area (Å²) in [6, 6.07) is -0.579. The van der Waals surface area contributed by atoms with Crippen molar-refractivity contribution in [2.24, 2.45) is 11.7 Å². The number of rotatable bonds is 1. The van der Waals surface area contributed by atoms with Gasteiger partial charge in [0.25, 0.3) is 0 Å². The summed E-state index contributed by atoms with van der Waals surface area (Å²) < 4.78 is 73.9. The monoisotopic (exact) mass is 278 g/mol. The van der Waals surface area contributed by atoms with Crippen molar-refractivity contribution in [1.82, 2.24) is 4.90 Å². The number of hydrogen-bond donors (Lipinski definition) is 1. The molecule has 18 heavy (non-hydrogen) atoms. The first-order valence-corrected chi connectivity index (χ1v) is 5.21. The molecule has 2 N–H and O–H groups in total. The summed E-state index contributed by atoms with van der Waals surface area (Å²) in [7, 11) is 0. The van der Waals surface area contributed by atoms with Gasteiger partial charge in [0.2, 0.25) is 11.8 Å². The van der Waals surface area contributed by atoms with Crippen LogP contribution in [-0.2, 0) is 4.79 Å². The van der Waals surface area contributed by atoms with Gasteiger partial charge in [0.05, 0.1) is 0 Å². The topological polar surface area (TPSA) is 46.3 Å². The molecule has 1 aliphatic rings. The van der Waals surface area contributed by atoms with Crippen LogP contribution in [0, 0.1) is 5.92 Å². The molecule has 9 heteroatoms. The lowest BCUT2D eigenvalue weighted by Gasteiger charge is -2.34. The van der Waals surface area contributed by atoms with Crippen molar-refractivity contribution >= 4 is 5.91 Å². The minimum absolute atomic E-state index is 0.130. The van der Waals surface area contributed by atoms with Gasteiger partial charge in [-0.05, 0) is 12.8 Å². The smallest absolute Gasteiger partial charge is 0.340 e. The fourth-order valence-electron chi connectivity index (χ4n) is 1.86. The molecule has 1 unspecified atom stereocenters. The molecule has 1 rings (SSSR count). The molecule has 0 aliphatic carbocycles. The van der Waals surface area contributed by atoms with Crippen molar-refractivity contribution in [2.75, 3.05) is 13.1 Å². The summed E-state index contributed by atoms with van der Waals surface area (Å²) in [5.74, 6) is -5.93. The average Bonchev–Trinajstić information content (AvgIpc) is 2.12. The van der Waals surface area contributed by atoms with Crippen LogP contribution in [0.15, 0.2) is 0 Å². The van der Waals surface area contributed by atoms with E-state index >= 15 is 0 Å². The first-order chi connectivity index (χ1) is 8.03. The predicted octanol–water partition coefficient (Wildman–Crippen LogP) is 1.68. The molecule has 1 heterocycles. The zero-order valence-electron chi connectivity index (χ0n) is 9.18. The van der Waals surface area contributed by atoms with Crippen molar-refractivity contribution in [1.29, 1.82) is 0 Å². The van der Waals surface area contributed by atoms with E-state index in [0.29, 0.717) is 17.7 Å². The Morgan fingerprint density at radius 2 is 1.67 bits per heavy atom. The Bertz CT molecular complexity index is 299. The Morgan fingerprint density at radius 1 is 1.17 bits per heavy atom. The Balaban J connectivity index is 2.90. The number of likely N-dealkylation sites (tertiary alicyclic amines) is 1. The SMILES string of the molecule is NC1CCCN(C(=O)C(C(F)(F)F)C(F)(F)F)C1. The van der Waals surface area contributed by atoms with Gasteiger partial charge in [0.1, 0.15) is 0 Å². The van der Waals surface area contributed by atoms with Crippen LogP contribution in [-0.4, -0.2) is 42.3 Å². The van der Waals surface area contributed by atoms with Gasteiger partial charge in [-0.25, -0.2) is 0 Å². The van der Waals surface area contributed by atoms with E-state index in [4.69, 9.17) is 5.73 Å². The number of halogens is 6. The molecule has 1 amide bonds. The van der Waals surface area contributed by atoms with Crippen LogP contribution in [0.5, 0.6) is 0 Å². The molecule has 3 nitrogen and oxygen atoms in total. The predicted molar refractivity (Wildman–Crippen MR) is 49.4 cm³/mol. The quantitative estimate of drug-likeness (QED) is 0.742. The molecular formula is C9H12F6N2O. The van der Waals surface area contributed by atoms with Crippen molar-refractivity contribution in [3.05, 3.63) is 0 Å². The summed E-state index contributed by atoms with van der Waals surface area (Å²) in [4.78, 5) is 11.9. The molecular weight excluding hydrogens is 266 g/mol. The van der Waals surface area contributed by atoms with Crippen LogP contribution in [0.3, 0.4) is 0 Å². The highest BCUT2D eigenvalue weighted by Gasteiger charge is 2.62. The van der Waals surface area contributed by atoms with Gasteiger partial charge in [0.15, 0.2) is 0 Å². The number of hydrogen-bond acceptors (Lipinski definition) is 2. The van der Waals surface area contributed by atoms with Crippen LogP contribution in [0.4, 0.5) is 26.3 Å². The molecule has 1 fully saturated rings. The number of nitrogens with two attached hydrogens (primary N) is 1. The standard InChI is InChI=1S/C9H12F6N2O/c10-8(11,12)6(9(13,14)15)7(18)17-3-1-2-5(16)4-17/h5-6H,1-4,16H2. The lowest BCUT2D eigenvalue weighted by Crippen LogP contribution is -2.54. The second-order valence-corrected chi connectivity index (χ2v) is 4.20. The lowest BCUT2D eigenvalue weighted by molar-refractivity contribution is -0.277. The second kappa shape index (κ2) is 4.94. The van der Waals surface area contributed by atoms with Crippen LogP contribution < -0.4 is 5.73 Å². The number of amides is 1. The van der Waals surface area contributed by atoms with Crippen LogP contribution >= 0.6 is 0 Å². The number of nitrogens with zero attached hydrogens (tertiary/aromatic N) is 1. The van der Waals surface area contributed by atoms with E-state index in [9.17, 15) is 31.1 Å². The lowest BCUT2D eigenvalue weighted by atomic mass is 10.0. The Morgan fingerprint density at radius 3 is 2.06 bits per heavy atom. The highest BCUT2D eigenvalue weighted by atomic mass is 19.4. The Kier molecular flexibility index (Phi) is 4.14. The van der Waals surface area contributed by atoms with Gasteiger partial charge < -0.3 is 10.6 Å². The van der Waals surface area contributed by atoms with Crippen molar-refractivity contribution < 1.29 is 31.1 Å². The third kappa shape index (κ3) is 3.50. The summed E-state index contributed by atoms with van der Waals surface area (Å²) in [6.45, 7) is -0.406. The molecule has 106 valence electrons. The zero-order chi connectivity index (χ0) is 14.1. The molecule has 0 aromatic carbocycles. The van der Waals surface area contributed by atoms with E-state index < -0.39 is 30.2 Å². The number of carbonyl (C=O) groups is 1. The number of piperidine rings is 1. The highest BCUT2D eigenvalue weighted by molar-refractivity contribution is 5.80. The maximum absolute atomic E-state index is 12.3. The van der Waals surface area contributed by atoms with Gasteiger partial charge in [-0.1, -0.05) is 0 Å². The fourth-order valence-corrected chi connectivity index (χ4v) is 1.86. The van der Waals surface area contributed by atoms with Crippen molar-refractivity contribution in [3.63, 3.8) is 0 Å². The first-order valence-electron chi connectivity index (χ1n) is 5.21. The summed E-state index contributed by atoms with van der Waals surface area (Å²) in [5.41, 5.74) is 5.42. The maximum Gasteiger partial charge on any atom is 0.409 e. The molecule has 1 atom stereocenters. The van der Waals surface area contributed by atoms with E-state index in [1.807, 2.05) is 0 Å². The van der Waals surface area contributed by atoms with Crippen molar-refractivity contribution in [3.8, 4) is 0 Å². The number of carbonyl (C=O) groups excluding carboxylic acids is 1. The largest absolute Gasteiger partial charge is 0.409 e. The molecule has 0 saturated carbocycles. The number of alkyl halides is 6. The molecule has 0 spiro atoms. The fraction of sp³-hybridized carbons (Fsp3) is 0.889. The highest BCUT2D eigenvalue weighted by Crippen LogP contribution is 2.40. The second-order valence-electron chi connectivity index (χ2n) is 4.20. The Labute approximate surface area is 98.9 Å². The van der Waals surface area contributed by atoms with Gasteiger partial charge >= 0.3 is 12.4 Å². The third-order valence-corrected chi connectivity index (χ3v) is 2.67. The first kappa shape index (κ1) is 15.1. The van der Waals surface area contributed by atoms with Crippen molar-refractivity contribution in [2.45, 2.75) is 31.2 Å². The molecule has 0 aromatic heterocycles. The summed E-state index contributed by atoms with van der Waals surface area (Å²) in [5, 5.41) is 0. The van der Waals surface area contributed by atoms with E-state index in [0.717, 1.165) is 0 Å². The zero-order valence-corrected chi connectivity index (χ0v) is 9.18. The average molecular weight is 278 g/mol. The van der Waals surface area contributed by atoms with Gasteiger partial charge in [-0.15, -0.1) is 0 Å². The molecule has 0 bridgehead atoms. The molecule has 1 saturated heterocycles. The Hall–Kier alpha value is -0.990. The van der Waals surface area contributed by atoms with E-state index in [2.05, 4.69) is 0 Å². The van der Waals surface area contributed by atoms with Crippen LogP contribution in [0.25, 0.3) is 0 Å². The van der Waals surface area contributed by atoms with Gasteiger partial charge in [0, 0.05) is 19.1 Å². The van der Waals surface area contributed by atoms with Gasteiger partial charge in [-0.3, -0.25) is 4.79 Å². The molecule has 0 radical (unpaired) electrons. The van der Waals surface area contributed by atoms with E-state index in [1.165, 1.54) is 0 Å². The normalized spacial score (nSPS) is 22.4. The minimum atomic E-state index is -5.64. The van der Waals surface area contributed by atoms with Gasteiger partial charge in [-0.2, -0.15) is 26.3 Å². The molecule has 1 aliphatic heterocycles. The maximum atomic E-state index is 12.3. The minimum Gasteiger partial charge on any atom is -0.340 e. The van der Waals surface area contributed by atoms with E-state index in [-0.39, 0.29) is 13.1 Å². The van der Waals surface area contributed by atoms with Crippen LogP contribution in [0.1, 0.15) is 12.8 Å².